The van der Waals surface area contributed by atoms with Gasteiger partial charge in [-0.15, -0.1) is 5.10 Å². The van der Waals surface area contributed by atoms with Crippen molar-refractivity contribution in [2.45, 2.75) is 115 Å². The Labute approximate surface area is 254 Å². The summed E-state index contributed by atoms with van der Waals surface area (Å²) in [7, 11) is 8.09. The van der Waals surface area contributed by atoms with Gasteiger partial charge in [0.1, 0.15) is 5.82 Å². The van der Waals surface area contributed by atoms with Crippen molar-refractivity contribution in [2.75, 3.05) is 39.2 Å². The second-order valence-electron chi connectivity index (χ2n) is 13.5. The van der Waals surface area contributed by atoms with E-state index in [0.717, 1.165) is 54.0 Å². The van der Waals surface area contributed by atoms with Crippen molar-refractivity contribution in [1.82, 2.24) is 20.0 Å². The highest BCUT2D eigenvalue weighted by atomic mass is 16.5. The molecule has 2 aliphatic carbocycles. The average molecular weight is 578 g/mol. The Morgan fingerprint density at radius 1 is 1.10 bits per heavy atom. The van der Waals surface area contributed by atoms with Crippen LogP contribution in [0.4, 0.5) is 5.82 Å². The molecule has 7 nitrogen and oxygen atoms in total. The van der Waals surface area contributed by atoms with Gasteiger partial charge >= 0.3 is 0 Å². The third kappa shape index (κ3) is 6.66. The van der Waals surface area contributed by atoms with E-state index in [9.17, 15) is 4.79 Å². The molecule has 5 rings (SSSR count). The molecule has 0 spiro atoms. The minimum atomic E-state index is 0.0186. The van der Waals surface area contributed by atoms with E-state index in [-0.39, 0.29) is 5.91 Å². The third-order valence-electron chi connectivity index (χ3n) is 10.8. The molecule has 1 N–H and O–H groups in total. The topological polar surface area (TPSA) is 62.6 Å². The van der Waals surface area contributed by atoms with Gasteiger partial charge in [-0.05, 0) is 132 Å². The van der Waals surface area contributed by atoms with Crippen LogP contribution in [0.1, 0.15) is 128 Å². The minimum absolute atomic E-state index is 0.0186. The van der Waals surface area contributed by atoms with Crippen molar-refractivity contribution < 1.29 is 9.53 Å². The molecule has 1 aliphatic heterocycles. The molecule has 3 fully saturated rings. The molecule has 0 bridgehead atoms. The zero-order chi connectivity index (χ0) is 29.8. The van der Waals surface area contributed by atoms with E-state index < -0.39 is 0 Å². The van der Waals surface area contributed by atoms with Gasteiger partial charge < -0.3 is 19.9 Å². The molecule has 1 aromatic carbocycles. The summed E-state index contributed by atoms with van der Waals surface area (Å²) in [5.74, 6) is 3.62. The lowest BCUT2D eigenvalue weighted by atomic mass is 9.75. The van der Waals surface area contributed by atoms with E-state index in [1.807, 2.05) is 11.7 Å². The van der Waals surface area contributed by atoms with E-state index in [1.165, 1.54) is 81.8 Å². The van der Waals surface area contributed by atoms with Crippen LogP contribution < -0.4 is 15.0 Å². The highest BCUT2D eigenvalue weighted by Crippen LogP contribution is 2.41. The summed E-state index contributed by atoms with van der Waals surface area (Å²) in [6.45, 7) is 6.96. The molecule has 2 aromatic rings. The largest absolute Gasteiger partial charge is 0.480 e. The van der Waals surface area contributed by atoms with E-state index in [0.29, 0.717) is 24.3 Å². The Bertz CT molecular complexity index is 1200. The highest BCUT2D eigenvalue weighted by molar-refractivity contribution is 5.96. The number of nitrogens with zero attached hydrogens (tertiary/aromatic N) is 4. The summed E-state index contributed by atoms with van der Waals surface area (Å²) in [6.07, 6.45) is 15.1. The molecule has 7 heteroatoms. The maximum Gasteiger partial charge on any atom is 0.251 e. The molecule has 2 heterocycles. The van der Waals surface area contributed by atoms with Crippen LogP contribution in [0.2, 0.25) is 0 Å². The molecule has 1 saturated heterocycles. The first-order chi connectivity index (χ1) is 20.3. The first-order valence-electron chi connectivity index (χ1n) is 16.7. The number of hydrogen-bond donors (Lipinski definition) is 1. The SMILES string of the molecule is CCC(CCC1CCC(N(C)C)CC1)c1cc(C2CCC2)cc(C(=O)NCc2c(OC)nn(C)c2N2CCCC2)c1C. The lowest BCUT2D eigenvalue weighted by Crippen LogP contribution is -2.32. The van der Waals surface area contributed by atoms with Crippen LogP contribution in [-0.4, -0.2) is 60.9 Å². The fraction of sp³-hybridized carbons (Fsp3) is 0.714. The number of ether oxygens (including phenoxy) is 1. The Balaban J connectivity index is 1.34. The van der Waals surface area contributed by atoms with E-state index >= 15 is 0 Å². The Morgan fingerprint density at radius 3 is 2.40 bits per heavy atom. The van der Waals surface area contributed by atoms with Crippen molar-refractivity contribution in [3.05, 3.63) is 39.9 Å². The maximum absolute atomic E-state index is 13.9. The zero-order valence-electron chi connectivity index (χ0n) is 27.2. The van der Waals surface area contributed by atoms with Gasteiger partial charge in [-0.1, -0.05) is 19.4 Å². The van der Waals surface area contributed by atoms with Crippen LogP contribution in [0.25, 0.3) is 0 Å². The number of methoxy groups -OCH3 is 1. The third-order valence-corrected chi connectivity index (χ3v) is 10.8. The molecule has 0 radical (unpaired) electrons. The standard InChI is InChI=1S/C35H55N5O2/c1-7-26(16-13-25-14-17-29(18-15-25)38(3)4)30-21-28(27-11-10-12-27)22-31(24(30)2)33(41)36-23-32-34(42-6)37-39(5)35(32)40-19-8-9-20-40/h21-22,25-27,29H,7-20,23H2,1-6H3,(H,36,41). The minimum Gasteiger partial charge on any atom is -0.480 e. The van der Waals surface area contributed by atoms with Crippen LogP contribution in [0.15, 0.2) is 12.1 Å². The van der Waals surface area contributed by atoms with Crippen LogP contribution in [0.5, 0.6) is 5.88 Å². The summed E-state index contributed by atoms with van der Waals surface area (Å²) < 4.78 is 7.56. The van der Waals surface area contributed by atoms with E-state index in [4.69, 9.17) is 4.74 Å². The maximum atomic E-state index is 13.9. The van der Waals surface area contributed by atoms with Crippen LogP contribution in [0, 0.1) is 12.8 Å². The molecule has 1 unspecified atom stereocenters. The molecule has 1 atom stereocenters. The molecule has 1 amide bonds. The molecular weight excluding hydrogens is 522 g/mol. The molecule has 2 saturated carbocycles. The predicted molar refractivity (Wildman–Crippen MR) is 172 cm³/mol. The Kier molecular flexibility index (Phi) is 10.2. The molecule has 42 heavy (non-hydrogen) atoms. The smallest absolute Gasteiger partial charge is 0.251 e. The van der Waals surface area contributed by atoms with E-state index in [2.05, 4.69) is 60.3 Å². The van der Waals surface area contributed by atoms with E-state index in [1.54, 1.807) is 7.11 Å². The zero-order valence-corrected chi connectivity index (χ0v) is 27.2. The number of carbonyl (C=O) groups is 1. The number of aromatic nitrogens is 2. The number of hydrogen-bond acceptors (Lipinski definition) is 5. The summed E-state index contributed by atoms with van der Waals surface area (Å²) in [5, 5.41) is 7.91. The van der Waals surface area contributed by atoms with Gasteiger partial charge in [0.05, 0.1) is 19.2 Å². The van der Waals surface area contributed by atoms with Crippen LogP contribution >= 0.6 is 0 Å². The van der Waals surface area contributed by atoms with Gasteiger partial charge in [-0.25, -0.2) is 4.68 Å². The average Bonchev–Trinajstić information content (AvgIpc) is 3.59. The summed E-state index contributed by atoms with van der Waals surface area (Å²) in [4.78, 5) is 18.7. The van der Waals surface area contributed by atoms with Gasteiger partial charge in [0.2, 0.25) is 5.88 Å². The van der Waals surface area contributed by atoms with Crippen molar-refractivity contribution >= 4 is 11.7 Å². The van der Waals surface area contributed by atoms with Crippen LogP contribution in [0.3, 0.4) is 0 Å². The van der Waals surface area contributed by atoms with Crippen molar-refractivity contribution in [3.63, 3.8) is 0 Å². The number of amides is 1. The quantitative estimate of drug-likeness (QED) is 0.296. The second kappa shape index (κ2) is 13.8. The normalized spacial score (nSPS) is 21.9. The second-order valence-corrected chi connectivity index (χ2v) is 13.5. The van der Waals surface area contributed by atoms with Gasteiger partial charge in [0.25, 0.3) is 5.91 Å². The molecule has 232 valence electrons. The molecule has 3 aliphatic rings. The van der Waals surface area contributed by atoms with Crippen LogP contribution in [-0.2, 0) is 13.6 Å². The summed E-state index contributed by atoms with van der Waals surface area (Å²) in [5.41, 5.74) is 5.76. The fourth-order valence-electron chi connectivity index (χ4n) is 7.81. The van der Waals surface area contributed by atoms with Crippen molar-refractivity contribution in [3.8, 4) is 5.88 Å². The predicted octanol–water partition coefficient (Wildman–Crippen LogP) is 6.93. The fourth-order valence-corrected chi connectivity index (χ4v) is 7.81. The van der Waals surface area contributed by atoms with Crippen molar-refractivity contribution in [1.29, 1.82) is 0 Å². The Morgan fingerprint density at radius 2 is 1.81 bits per heavy atom. The number of rotatable bonds is 12. The summed E-state index contributed by atoms with van der Waals surface area (Å²) in [6, 6.07) is 5.43. The van der Waals surface area contributed by atoms with Gasteiger partial charge in [-0.2, -0.15) is 0 Å². The number of benzene rings is 1. The molecule has 1 aromatic heterocycles. The number of anilines is 1. The monoisotopic (exact) mass is 577 g/mol. The van der Waals surface area contributed by atoms with Gasteiger partial charge in [0, 0.05) is 31.7 Å². The number of nitrogens with one attached hydrogen (secondary N) is 1. The first kappa shape index (κ1) is 30.9. The lowest BCUT2D eigenvalue weighted by Gasteiger charge is -2.33. The first-order valence-corrected chi connectivity index (χ1v) is 16.7. The van der Waals surface area contributed by atoms with Crippen molar-refractivity contribution in [2.24, 2.45) is 13.0 Å². The Hall–Kier alpha value is -2.54. The molecular formula is C35H55N5O2. The number of carbonyl (C=O) groups excluding carboxylic acids is 1. The summed E-state index contributed by atoms with van der Waals surface area (Å²) >= 11 is 0. The van der Waals surface area contributed by atoms with Gasteiger partial charge in [0.15, 0.2) is 0 Å². The number of aryl methyl sites for hydroxylation is 1. The lowest BCUT2D eigenvalue weighted by molar-refractivity contribution is 0.0949. The highest BCUT2D eigenvalue weighted by Gasteiger charge is 2.28. The van der Waals surface area contributed by atoms with Gasteiger partial charge in [-0.3, -0.25) is 4.79 Å².